The molecule has 0 aromatic carbocycles. The number of thioether (sulfide) groups is 1. The first kappa shape index (κ1) is 10.8. The van der Waals surface area contributed by atoms with E-state index in [2.05, 4.69) is 39.7 Å². The van der Waals surface area contributed by atoms with E-state index in [-0.39, 0.29) is 0 Å². The lowest BCUT2D eigenvalue weighted by Crippen LogP contribution is -2.00. The zero-order valence-electron chi connectivity index (χ0n) is 7.62. The first-order valence-electron chi connectivity index (χ1n) is 3.98. The maximum absolute atomic E-state index is 5.62. The van der Waals surface area contributed by atoms with Gasteiger partial charge in [0.1, 0.15) is 11.6 Å². The zero-order valence-corrected chi connectivity index (χ0v) is 10.0. The molecule has 1 aromatic heterocycles. The van der Waals surface area contributed by atoms with Gasteiger partial charge in [-0.05, 0) is 21.2 Å². The Morgan fingerprint density at radius 2 is 2.31 bits per heavy atom. The Kier molecular flexibility index (Phi) is 3.99. The Bertz CT molecular complexity index is 291. The monoisotopic (exact) mass is 261 g/mol. The van der Waals surface area contributed by atoms with Crippen molar-refractivity contribution in [3.05, 3.63) is 16.5 Å². The minimum atomic E-state index is 0.509. The molecular formula is C8H12BrN3S. The number of rotatable bonds is 3. The van der Waals surface area contributed by atoms with Crippen LogP contribution in [0.2, 0.25) is 0 Å². The highest BCUT2D eigenvalue weighted by molar-refractivity contribution is 9.10. The quantitative estimate of drug-likeness (QED) is 0.909. The van der Waals surface area contributed by atoms with E-state index in [1.807, 2.05) is 0 Å². The highest BCUT2D eigenvalue weighted by Crippen LogP contribution is 2.18. The molecule has 0 radical (unpaired) electrons. The SMILES string of the molecule is CC(C)SCc1ncc(Br)c(N)n1. The fourth-order valence-corrected chi connectivity index (χ4v) is 1.54. The van der Waals surface area contributed by atoms with E-state index in [1.165, 1.54) is 0 Å². The number of hydrogen-bond acceptors (Lipinski definition) is 4. The maximum atomic E-state index is 5.62. The summed E-state index contributed by atoms with van der Waals surface area (Å²) in [6.07, 6.45) is 1.69. The second-order valence-corrected chi connectivity index (χ2v) is 5.30. The standard InChI is InChI=1S/C8H12BrN3S/c1-5(2)13-4-7-11-3-6(9)8(10)12-7/h3,5H,4H2,1-2H3,(H2,10,11,12). The number of nitrogens with two attached hydrogens (primary N) is 1. The number of halogens is 1. The van der Waals surface area contributed by atoms with Crippen molar-refractivity contribution in [3.8, 4) is 0 Å². The lowest BCUT2D eigenvalue weighted by Gasteiger charge is -2.04. The molecule has 0 fully saturated rings. The molecule has 0 saturated carbocycles. The molecule has 1 heterocycles. The van der Waals surface area contributed by atoms with E-state index in [9.17, 15) is 0 Å². The molecule has 0 aliphatic heterocycles. The van der Waals surface area contributed by atoms with Crippen molar-refractivity contribution in [2.45, 2.75) is 24.9 Å². The average Bonchev–Trinajstić information content (AvgIpc) is 2.07. The summed E-state index contributed by atoms with van der Waals surface area (Å²) in [6, 6.07) is 0. The van der Waals surface area contributed by atoms with Crippen LogP contribution in [0.3, 0.4) is 0 Å². The van der Waals surface area contributed by atoms with Crippen LogP contribution in [0.25, 0.3) is 0 Å². The van der Waals surface area contributed by atoms with Crippen molar-refractivity contribution in [2.75, 3.05) is 5.73 Å². The van der Waals surface area contributed by atoms with E-state index >= 15 is 0 Å². The summed E-state index contributed by atoms with van der Waals surface area (Å²) in [6.45, 7) is 4.29. The second-order valence-electron chi connectivity index (χ2n) is 2.88. The van der Waals surface area contributed by atoms with Crippen molar-refractivity contribution in [1.29, 1.82) is 0 Å². The summed E-state index contributed by atoms with van der Waals surface area (Å²) >= 11 is 5.06. The van der Waals surface area contributed by atoms with Gasteiger partial charge in [0.25, 0.3) is 0 Å². The fraction of sp³-hybridized carbons (Fsp3) is 0.500. The van der Waals surface area contributed by atoms with E-state index in [0.29, 0.717) is 11.1 Å². The van der Waals surface area contributed by atoms with E-state index in [0.717, 1.165) is 16.0 Å². The van der Waals surface area contributed by atoms with Crippen molar-refractivity contribution in [3.63, 3.8) is 0 Å². The van der Waals surface area contributed by atoms with Crippen LogP contribution in [0.1, 0.15) is 19.7 Å². The zero-order chi connectivity index (χ0) is 9.84. The molecular weight excluding hydrogens is 250 g/mol. The van der Waals surface area contributed by atoms with Gasteiger partial charge < -0.3 is 5.73 Å². The Morgan fingerprint density at radius 1 is 1.62 bits per heavy atom. The minimum Gasteiger partial charge on any atom is -0.383 e. The molecule has 0 saturated heterocycles. The summed E-state index contributed by atoms with van der Waals surface area (Å²) in [5, 5.41) is 0.591. The first-order chi connectivity index (χ1) is 6.09. The molecule has 0 bridgehead atoms. The number of aromatic nitrogens is 2. The van der Waals surface area contributed by atoms with Gasteiger partial charge >= 0.3 is 0 Å². The molecule has 2 N–H and O–H groups in total. The molecule has 0 unspecified atom stereocenters. The summed E-state index contributed by atoms with van der Waals surface area (Å²) in [7, 11) is 0. The number of anilines is 1. The molecule has 3 nitrogen and oxygen atoms in total. The fourth-order valence-electron chi connectivity index (χ4n) is 0.729. The first-order valence-corrected chi connectivity index (χ1v) is 5.82. The molecule has 0 aliphatic carbocycles. The van der Waals surface area contributed by atoms with Crippen LogP contribution in [0.4, 0.5) is 5.82 Å². The third kappa shape index (κ3) is 3.52. The predicted molar refractivity (Wildman–Crippen MR) is 60.6 cm³/mol. The van der Waals surface area contributed by atoms with Gasteiger partial charge in [0.15, 0.2) is 0 Å². The van der Waals surface area contributed by atoms with Crippen molar-refractivity contribution >= 4 is 33.5 Å². The Balaban J connectivity index is 2.63. The van der Waals surface area contributed by atoms with Crippen LogP contribution < -0.4 is 5.73 Å². The Morgan fingerprint density at radius 3 is 2.85 bits per heavy atom. The number of hydrogen-bond donors (Lipinski definition) is 1. The van der Waals surface area contributed by atoms with E-state index in [1.54, 1.807) is 18.0 Å². The highest BCUT2D eigenvalue weighted by Gasteiger charge is 2.02. The van der Waals surface area contributed by atoms with Gasteiger partial charge in [-0.25, -0.2) is 9.97 Å². The summed E-state index contributed by atoms with van der Waals surface area (Å²) in [5.41, 5.74) is 5.62. The molecule has 0 atom stereocenters. The topological polar surface area (TPSA) is 51.8 Å². The van der Waals surface area contributed by atoms with Gasteiger partial charge in [0.2, 0.25) is 0 Å². The van der Waals surface area contributed by atoms with E-state index < -0.39 is 0 Å². The maximum Gasteiger partial charge on any atom is 0.141 e. The molecule has 1 aromatic rings. The molecule has 5 heteroatoms. The molecule has 0 amide bonds. The summed E-state index contributed by atoms with van der Waals surface area (Å²) < 4.78 is 0.755. The third-order valence-electron chi connectivity index (χ3n) is 1.37. The van der Waals surface area contributed by atoms with Gasteiger partial charge in [0, 0.05) is 6.20 Å². The number of nitrogens with zero attached hydrogens (tertiary/aromatic N) is 2. The molecule has 0 aliphatic rings. The second kappa shape index (κ2) is 4.81. The molecule has 13 heavy (non-hydrogen) atoms. The van der Waals surface area contributed by atoms with Gasteiger partial charge in [-0.2, -0.15) is 11.8 Å². The molecule has 0 spiro atoms. The summed E-state index contributed by atoms with van der Waals surface area (Å²) in [4.78, 5) is 8.30. The van der Waals surface area contributed by atoms with Crippen molar-refractivity contribution in [1.82, 2.24) is 9.97 Å². The average molecular weight is 262 g/mol. The largest absolute Gasteiger partial charge is 0.383 e. The van der Waals surface area contributed by atoms with E-state index in [4.69, 9.17) is 5.73 Å². The Labute approximate surface area is 90.7 Å². The van der Waals surface area contributed by atoms with Crippen LogP contribution in [0.15, 0.2) is 10.7 Å². The van der Waals surface area contributed by atoms with Crippen molar-refractivity contribution < 1.29 is 0 Å². The normalized spacial score (nSPS) is 10.8. The van der Waals surface area contributed by atoms with Crippen LogP contribution in [0.5, 0.6) is 0 Å². The van der Waals surface area contributed by atoms with Gasteiger partial charge in [-0.1, -0.05) is 13.8 Å². The van der Waals surface area contributed by atoms with Crippen LogP contribution in [0, 0.1) is 0 Å². The predicted octanol–water partition coefficient (Wildman–Crippen LogP) is 2.46. The minimum absolute atomic E-state index is 0.509. The highest BCUT2D eigenvalue weighted by atomic mass is 79.9. The van der Waals surface area contributed by atoms with Gasteiger partial charge in [-0.15, -0.1) is 0 Å². The number of nitrogen functional groups attached to an aromatic ring is 1. The molecule has 1 rings (SSSR count). The van der Waals surface area contributed by atoms with Crippen molar-refractivity contribution in [2.24, 2.45) is 0 Å². The Hall–Kier alpha value is -0.290. The molecule has 72 valence electrons. The van der Waals surface area contributed by atoms with Crippen LogP contribution >= 0.6 is 27.7 Å². The smallest absolute Gasteiger partial charge is 0.141 e. The van der Waals surface area contributed by atoms with Gasteiger partial charge in [-0.3, -0.25) is 0 Å². The van der Waals surface area contributed by atoms with Crippen LogP contribution in [-0.2, 0) is 5.75 Å². The lowest BCUT2D eigenvalue weighted by atomic mass is 10.5. The van der Waals surface area contributed by atoms with Crippen LogP contribution in [-0.4, -0.2) is 15.2 Å². The van der Waals surface area contributed by atoms with Gasteiger partial charge in [0.05, 0.1) is 10.2 Å². The summed E-state index contributed by atoms with van der Waals surface area (Å²) in [5.74, 6) is 2.11. The lowest BCUT2D eigenvalue weighted by molar-refractivity contribution is 1.02. The third-order valence-corrected chi connectivity index (χ3v) is 3.07.